The first-order valence-electron chi connectivity index (χ1n) is 6.04. The van der Waals surface area contributed by atoms with Crippen LogP contribution >= 0.6 is 12.2 Å². The van der Waals surface area contributed by atoms with Crippen molar-refractivity contribution < 1.29 is 4.42 Å². The van der Waals surface area contributed by atoms with E-state index in [-0.39, 0.29) is 0 Å². The van der Waals surface area contributed by atoms with Crippen molar-refractivity contribution in [3.63, 3.8) is 0 Å². The van der Waals surface area contributed by atoms with Gasteiger partial charge in [-0.15, -0.1) is 0 Å². The molecule has 100 valence electrons. The largest absolute Gasteiger partial charge is 0.465 e. The molecule has 0 fully saturated rings. The molecule has 19 heavy (non-hydrogen) atoms. The van der Waals surface area contributed by atoms with Gasteiger partial charge in [-0.05, 0) is 44.5 Å². The van der Waals surface area contributed by atoms with E-state index in [1.165, 1.54) is 0 Å². The highest BCUT2D eigenvalue weighted by molar-refractivity contribution is 7.80. The summed E-state index contributed by atoms with van der Waals surface area (Å²) in [7, 11) is 0. The minimum absolute atomic E-state index is 0.350. The molecule has 0 radical (unpaired) electrons. The summed E-state index contributed by atoms with van der Waals surface area (Å²) in [6.45, 7) is 6.39. The van der Waals surface area contributed by atoms with Gasteiger partial charge in [0.2, 0.25) is 0 Å². The highest BCUT2D eigenvalue weighted by atomic mass is 32.1. The predicted octanol–water partition coefficient (Wildman–Crippen LogP) is 2.85. The van der Waals surface area contributed by atoms with Crippen LogP contribution in [0.5, 0.6) is 0 Å². The van der Waals surface area contributed by atoms with Gasteiger partial charge in [-0.3, -0.25) is 0 Å². The van der Waals surface area contributed by atoms with E-state index in [1.807, 2.05) is 39.0 Å². The van der Waals surface area contributed by atoms with E-state index in [2.05, 4.69) is 10.3 Å². The van der Waals surface area contributed by atoms with E-state index >= 15 is 0 Å². The number of nitrogens with two attached hydrogens (primary N) is 1. The third kappa shape index (κ3) is 3.12. The molecule has 0 saturated heterocycles. The number of rotatable bonds is 4. The highest BCUT2D eigenvalue weighted by Gasteiger charge is 2.11. The van der Waals surface area contributed by atoms with E-state index < -0.39 is 0 Å². The smallest absolute Gasteiger partial charge is 0.137 e. The molecule has 2 aromatic rings. The van der Waals surface area contributed by atoms with Crippen LogP contribution in [0, 0.1) is 20.8 Å². The van der Waals surface area contributed by atoms with E-state index in [1.54, 1.807) is 0 Å². The lowest BCUT2D eigenvalue weighted by molar-refractivity contribution is 0.490. The Morgan fingerprint density at radius 1 is 1.37 bits per heavy atom. The molecular formula is C14H17N3OS. The Kier molecular flexibility index (Phi) is 3.85. The third-order valence-electron chi connectivity index (χ3n) is 2.82. The zero-order valence-electron chi connectivity index (χ0n) is 11.3. The number of hydrogen-bond acceptors (Lipinski definition) is 4. The molecule has 2 aromatic heterocycles. The Hall–Kier alpha value is -1.88. The zero-order valence-corrected chi connectivity index (χ0v) is 12.1. The first-order valence-corrected chi connectivity index (χ1v) is 6.45. The van der Waals surface area contributed by atoms with Crippen molar-refractivity contribution in [3.8, 4) is 0 Å². The first kappa shape index (κ1) is 13.5. The second-order valence-corrected chi connectivity index (χ2v) is 4.97. The lowest BCUT2D eigenvalue weighted by Gasteiger charge is -2.13. The normalized spacial score (nSPS) is 10.5. The van der Waals surface area contributed by atoms with Crippen LogP contribution in [0.4, 0.5) is 5.82 Å². The predicted molar refractivity (Wildman–Crippen MR) is 80.4 cm³/mol. The van der Waals surface area contributed by atoms with Crippen LogP contribution in [0.25, 0.3) is 0 Å². The van der Waals surface area contributed by atoms with E-state index in [0.29, 0.717) is 17.4 Å². The average molecular weight is 275 g/mol. The molecule has 0 amide bonds. The highest BCUT2D eigenvalue weighted by Crippen LogP contribution is 2.19. The molecule has 2 rings (SSSR count). The standard InChI is InChI=1S/C14H17N3OS/c1-8-6-9(2)17-14(12(8)13(15)19)16-7-11-5-4-10(3)18-11/h4-6H,7H2,1-3H3,(H2,15,19)(H,16,17). The fraction of sp³-hybridized carbons (Fsp3) is 0.286. The Balaban J connectivity index is 2.26. The minimum atomic E-state index is 0.350. The van der Waals surface area contributed by atoms with Crippen molar-refractivity contribution in [1.82, 2.24) is 4.98 Å². The lowest BCUT2D eigenvalue weighted by atomic mass is 10.1. The second kappa shape index (κ2) is 5.40. The van der Waals surface area contributed by atoms with Crippen molar-refractivity contribution in [2.75, 3.05) is 5.32 Å². The van der Waals surface area contributed by atoms with Gasteiger partial charge in [0.05, 0.1) is 12.1 Å². The van der Waals surface area contributed by atoms with Gasteiger partial charge in [0.25, 0.3) is 0 Å². The molecule has 0 aliphatic heterocycles. The van der Waals surface area contributed by atoms with Crippen molar-refractivity contribution >= 4 is 23.0 Å². The van der Waals surface area contributed by atoms with Gasteiger partial charge in [0.1, 0.15) is 22.3 Å². The monoisotopic (exact) mass is 275 g/mol. The van der Waals surface area contributed by atoms with Crippen LogP contribution in [-0.2, 0) is 6.54 Å². The van der Waals surface area contributed by atoms with Crippen LogP contribution in [0.3, 0.4) is 0 Å². The topological polar surface area (TPSA) is 64.1 Å². The quantitative estimate of drug-likeness (QED) is 0.840. The Morgan fingerprint density at radius 3 is 2.68 bits per heavy atom. The number of thiocarbonyl (C=S) groups is 1. The Bertz CT molecular complexity index is 619. The second-order valence-electron chi connectivity index (χ2n) is 4.53. The van der Waals surface area contributed by atoms with Gasteiger partial charge >= 0.3 is 0 Å². The molecule has 0 aliphatic carbocycles. The maximum atomic E-state index is 5.77. The lowest BCUT2D eigenvalue weighted by Crippen LogP contribution is -2.16. The number of pyridine rings is 1. The Labute approximate surface area is 118 Å². The summed E-state index contributed by atoms with van der Waals surface area (Å²) in [4.78, 5) is 4.81. The van der Waals surface area contributed by atoms with Crippen molar-refractivity contribution in [1.29, 1.82) is 0 Å². The molecule has 3 N–H and O–H groups in total. The number of hydrogen-bond donors (Lipinski definition) is 2. The number of aryl methyl sites for hydroxylation is 3. The number of anilines is 1. The van der Waals surface area contributed by atoms with Gasteiger partial charge in [0, 0.05) is 5.69 Å². The fourth-order valence-corrected chi connectivity index (χ4v) is 2.28. The fourth-order valence-electron chi connectivity index (χ4n) is 2.03. The molecule has 0 atom stereocenters. The summed E-state index contributed by atoms with van der Waals surface area (Å²) < 4.78 is 5.51. The number of nitrogens with one attached hydrogen (secondary N) is 1. The first-order chi connectivity index (χ1) is 8.97. The van der Waals surface area contributed by atoms with E-state index in [9.17, 15) is 0 Å². The summed E-state index contributed by atoms with van der Waals surface area (Å²) in [5, 5.41) is 3.23. The Morgan fingerprint density at radius 2 is 2.11 bits per heavy atom. The molecule has 0 aromatic carbocycles. The maximum Gasteiger partial charge on any atom is 0.137 e. The molecular weight excluding hydrogens is 258 g/mol. The summed E-state index contributed by atoms with van der Waals surface area (Å²) in [5.74, 6) is 2.45. The minimum Gasteiger partial charge on any atom is -0.465 e. The zero-order chi connectivity index (χ0) is 14.0. The summed E-state index contributed by atoms with van der Waals surface area (Å²) in [6, 6.07) is 5.84. The molecule has 0 unspecified atom stereocenters. The van der Waals surface area contributed by atoms with Crippen LogP contribution in [0.2, 0.25) is 0 Å². The maximum absolute atomic E-state index is 5.77. The van der Waals surface area contributed by atoms with Gasteiger partial charge in [-0.25, -0.2) is 4.98 Å². The van der Waals surface area contributed by atoms with Crippen LogP contribution < -0.4 is 11.1 Å². The van der Waals surface area contributed by atoms with E-state index in [4.69, 9.17) is 22.4 Å². The van der Waals surface area contributed by atoms with Crippen molar-refractivity contribution in [3.05, 3.63) is 46.5 Å². The summed E-state index contributed by atoms with van der Waals surface area (Å²) >= 11 is 5.09. The van der Waals surface area contributed by atoms with Crippen molar-refractivity contribution in [2.24, 2.45) is 5.73 Å². The van der Waals surface area contributed by atoms with Crippen LogP contribution in [0.15, 0.2) is 22.6 Å². The van der Waals surface area contributed by atoms with Crippen molar-refractivity contribution in [2.45, 2.75) is 27.3 Å². The molecule has 0 bridgehead atoms. The van der Waals surface area contributed by atoms with Gasteiger partial charge in [-0.2, -0.15) is 0 Å². The molecule has 4 nitrogen and oxygen atoms in total. The molecule has 0 aliphatic rings. The summed E-state index contributed by atoms with van der Waals surface area (Å²) in [6.07, 6.45) is 0. The van der Waals surface area contributed by atoms with Crippen LogP contribution in [0.1, 0.15) is 28.3 Å². The van der Waals surface area contributed by atoms with Gasteiger partial charge < -0.3 is 15.5 Å². The molecule has 5 heteroatoms. The van der Waals surface area contributed by atoms with Gasteiger partial charge in [-0.1, -0.05) is 12.2 Å². The average Bonchev–Trinajstić information content (AvgIpc) is 2.71. The third-order valence-corrected chi connectivity index (χ3v) is 3.02. The summed E-state index contributed by atoms with van der Waals surface area (Å²) in [5.41, 5.74) is 8.51. The number of nitrogens with zero attached hydrogens (tertiary/aromatic N) is 1. The van der Waals surface area contributed by atoms with E-state index in [0.717, 1.165) is 28.3 Å². The molecule has 0 saturated carbocycles. The van der Waals surface area contributed by atoms with Gasteiger partial charge in [0.15, 0.2) is 0 Å². The molecule has 2 heterocycles. The SMILES string of the molecule is Cc1cc(C)c(C(N)=S)c(NCc2ccc(C)o2)n1. The van der Waals surface area contributed by atoms with Crippen LogP contribution in [-0.4, -0.2) is 9.97 Å². The number of aromatic nitrogens is 1. The molecule has 0 spiro atoms. The number of furan rings is 1.